The fourth-order valence-electron chi connectivity index (χ4n) is 0. The van der Waals surface area contributed by atoms with Gasteiger partial charge >= 0.3 is 0 Å². The molecule has 0 rings (SSSR count). The molecule has 0 spiro atoms. The summed E-state index contributed by atoms with van der Waals surface area (Å²) in [5, 5.41) is 5.40. The molecule has 48 valence electrons. The number of hydrogen-bond acceptors (Lipinski definition) is 3. The molecular weight excluding hydrogens is 129 g/mol. The maximum absolute atomic E-state index is 9.77. The number of isocyanates is 1. The van der Waals surface area contributed by atoms with E-state index in [0.717, 1.165) is 6.08 Å². The van der Waals surface area contributed by atoms with Crippen molar-refractivity contribution in [3.8, 4) is 0 Å². The maximum Gasteiger partial charge on any atom is 0.231 e. The first kappa shape index (κ1) is 10.5. The normalized spacial score (nSPS) is 8.38. The Balaban J connectivity index is 0. The van der Waals surface area contributed by atoms with E-state index in [2.05, 4.69) is 0 Å². The van der Waals surface area contributed by atoms with Crippen LogP contribution in [0.2, 0.25) is 0 Å². The summed E-state index contributed by atoms with van der Waals surface area (Å²) >= 11 is 0. The first-order valence-electron chi connectivity index (χ1n) is 1.73. The predicted molar refractivity (Wildman–Crippen MR) is 30.1 cm³/mol. The van der Waals surface area contributed by atoms with Gasteiger partial charge in [0.05, 0.1) is 0 Å². The molecule has 0 aromatic carbocycles. The highest BCUT2D eigenvalue weighted by Crippen LogP contribution is 2.27. The van der Waals surface area contributed by atoms with Gasteiger partial charge in [0.25, 0.3) is 0 Å². The van der Waals surface area contributed by atoms with Crippen LogP contribution in [0.15, 0.2) is 0 Å². The summed E-state index contributed by atoms with van der Waals surface area (Å²) < 4.78 is 9.77. The lowest BCUT2D eigenvalue weighted by Gasteiger charge is -1.86. The van der Waals surface area contributed by atoms with Crippen molar-refractivity contribution < 1.29 is 14.3 Å². The zero-order valence-corrected chi connectivity index (χ0v) is 5.61. The quantitative estimate of drug-likeness (QED) is 0.288. The number of hydrogen-bond donors (Lipinski definition) is 2. The van der Waals surface area contributed by atoms with Crippen molar-refractivity contribution in [2.45, 2.75) is 0 Å². The Labute approximate surface area is 47.5 Å². The molecule has 0 radical (unpaired) electrons. The van der Waals surface area contributed by atoms with Gasteiger partial charge < -0.3 is 4.89 Å². The van der Waals surface area contributed by atoms with E-state index < -0.39 is 7.37 Å². The summed E-state index contributed by atoms with van der Waals surface area (Å²) in [7, 11) is -2.64. The predicted octanol–water partition coefficient (Wildman–Crippen LogP) is 0.417. The van der Waals surface area contributed by atoms with Crippen molar-refractivity contribution in [1.82, 2.24) is 0 Å². The van der Waals surface area contributed by atoms with Gasteiger partial charge in [-0.05, 0) is 0 Å². The summed E-state index contributed by atoms with van der Waals surface area (Å²) in [5.74, 6) is 0. The van der Waals surface area contributed by atoms with E-state index in [1.807, 2.05) is 0 Å². The highest BCUT2D eigenvalue weighted by molar-refractivity contribution is 7.56. The van der Waals surface area contributed by atoms with Gasteiger partial charge in [0, 0.05) is 13.3 Å². The average molecular weight is 137 g/mol. The number of nitrogens with one attached hydrogen (secondary N) is 1. The van der Waals surface area contributed by atoms with Crippen LogP contribution in [0.1, 0.15) is 0 Å². The molecule has 8 heavy (non-hydrogen) atoms. The fraction of sp³-hybridized carbons (Fsp3) is 0.667. The Morgan fingerprint density at radius 1 is 1.62 bits per heavy atom. The largest absolute Gasteiger partial charge is 0.345 e. The molecule has 0 unspecified atom stereocenters. The molecule has 5 heteroatoms. The molecule has 0 heterocycles. The molecule has 0 aromatic rings. The zero-order chi connectivity index (χ0) is 7.21. The van der Waals surface area contributed by atoms with Crippen LogP contribution in [0, 0.1) is 5.41 Å². The Bertz CT molecular complexity index is 112. The van der Waals surface area contributed by atoms with Crippen molar-refractivity contribution in [2.24, 2.45) is 0 Å². The molecule has 0 aliphatic heterocycles. The van der Waals surface area contributed by atoms with Gasteiger partial charge in [-0.15, -0.1) is 0 Å². The third-order valence-corrected chi connectivity index (χ3v) is 0. The van der Waals surface area contributed by atoms with Gasteiger partial charge in [-0.2, -0.15) is 0 Å². The minimum absolute atomic E-state index is 0.750. The Hall–Kier alpha value is -0.430. The zero-order valence-electron chi connectivity index (χ0n) is 4.71. The van der Waals surface area contributed by atoms with E-state index in [1.54, 1.807) is 0 Å². The van der Waals surface area contributed by atoms with E-state index in [1.165, 1.54) is 13.3 Å². The van der Waals surface area contributed by atoms with Gasteiger partial charge in [0.2, 0.25) is 6.08 Å². The van der Waals surface area contributed by atoms with E-state index in [0.29, 0.717) is 0 Å². The van der Waals surface area contributed by atoms with Crippen LogP contribution in [0.3, 0.4) is 0 Å². The summed E-state index contributed by atoms with van der Waals surface area (Å²) in [6.07, 6.45) is 0.750. The van der Waals surface area contributed by atoms with Crippen molar-refractivity contribution in [3.63, 3.8) is 0 Å². The molecule has 2 N–H and O–H groups in total. The summed E-state index contributed by atoms with van der Waals surface area (Å²) in [5.41, 5.74) is 0. The van der Waals surface area contributed by atoms with E-state index in [9.17, 15) is 4.57 Å². The second-order valence-corrected chi connectivity index (χ2v) is 3.98. The fourth-order valence-corrected chi connectivity index (χ4v) is 0. The lowest BCUT2D eigenvalue weighted by molar-refractivity contribution is 0.492. The minimum Gasteiger partial charge on any atom is -0.345 e. The lowest BCUT2D eigenvalue weighted by atomic mass is 11.7. The molecule has 0 aromatic heterocycles. The third kappa shape index (κ3) is 629. The van der Waals surface area contributed by atoms with Crippen molar-refractivity contribution in [2.75, 3.05) is 13.3 Å². The molecule has 0 fully saturated rings. The van der Waals surface area contributed by atoms with Gasteiger partial charge in [0.1, 0.15) is 0 Å². The minimum atomic E-state index is -2.64. The Morgan fingerprint density at radius 2 is 1.62 bits per heavy atom. The third-order valence-electron chi connectivity index (χ3n) is 0. The molecule has 0 amide bonds. The lowest BCUT2D eigenvalue weighted by Crippen LogP contribution is -1.62. The summed E-state index contributed by atoms with van der Waals surface area (Å²) in [4.78, 5) is 16.4. The van der Waals surface area contributed by atoms with Gasteiger partial charge in [0.15, 0.2) is 7.37 Å². The van der Waals surface area contributed by atoms with Gasteiger partial charge in [-0.1, -0.05) is 0 Å². The Kier molecular flexibility index (Phi) is 6.22. The molecule has 0 bridgehead atoms. The van der Waals surface area contributed by atoms with Crippen LogP contribution in [0.25, 0.3) is 0 Å². The van der Waals surface area contributed by atoms with Crippen molar-refractivity contribution >= 4 is 13.4 Å². The second-order valence-electron chi connectivity index (χ2n) is 1.40. The van der Waals surface area contributed by atoms with Gasteiger partial charge in [-0.25, -0.2) is 10.2 Å². The van der Waals surface area contributed by atoms with Crippen LogP contribution < -0.4 is 0 Å². The van der Waals surface area contributed by atoms with Crippen LogP contribution in [-0.2, 0) is 9.36 Å². The van der Waals surface area contributed by atoms with Crippen LogP contribution in [0.4, 0.5) is 0 Å². The smallest absolute Gasteiger partial charge is 0.231 e. The van der Waals surface area contributed by atoms with Crippen LogP contribution >= 0.6 is 7.37 Å². The molecule has 0 aliphatic rings. The van der Waals surface area contributed by atoms with Gasteiger partial charge in [-0.3, -0.25) is 4.57 Å². The number of rotatable bonds is 0. The first-order chi connectivity index (χ1) is 3.41. The monoisotopic (exact) mass is 137 g/mol. The van der Waals surface area contributed by atoms with E-state index in [4.69, 9.17) is 15.1 Å². The van der Waals surface area contributed by atoms with Crippen LogP contribution in [-0.4, -0.2) is 24.3 Å². The van der Waals surface area contributed by atoms with E-state index in [-0.39, 0.29) is 0 Å². The van der Waals surface area contributed by atoms with E-state index >= 15 is 0 Å². The number of carbonyl (C=O) groups excluding carboxylic acids is 1. The topological polar surface area (TPSA) is 78.2 Å². The van der Waals surface area contributed by atoms with Crippen molar-refractivity contribution in [3.05, 3.63) is 0 Å². The molecule has 0 aliphatic carbocycles. The van der Waals surface area contributed by atoms with Crippen molar-refractivity contribution in [1.29, 1.82) is 5.41 Å². The molecule has 4 nitrogen and oxygen atoms in total. The average Bonchev–Trinajstić information content (AvgIpc) is 1.27. The molecular formula is C3H8NO3P. The highest BCUT2D eigenvalue weighted by atomic mass is 31.2. The Morgan fingerprint density at radius 3 is 1.62 bits per heavy atom. The SMILES string of the molecule is CP(C)(=O)O.N=C=O. The van der Waals surface area contributed by atoms with Crippen LogP contribution in [0.5, 0.6) is 0 Å². The molecule has 0 atom stereocenters. The summed E-state index contributed by atoms with van der Waals surface area (Å²) in [6, 6.07) is 0. The molecule has 0 saturated heterocycles. The maximum atomic E-state index is 9.77. The summed E-state index contributed by atoms with van der Waals surface area (Å²) in [6.45, 7) is 2.60. The highest BCUT2D eigenvalue weighted by Gasteiger charge is 1.92. The standard InChI is InChI=1S/C2H7O2P.CHNO/c1-5(2,3)4;2-1-3/h1-2H3,(H,3,4);2H. The molecule has 0 saturated carbocycles. The second kappa shape index (κ2) is 4.72. The first-order valence-corrected chi connectivity index (χ1v) is 4.29.